The molecule has 8 heteroatoms. The molecule has 0 aromatic carbocycles. The van der Waals surface area contributed by atoms with Crippen molar-refractivity contribution in [3.63, 3.8) is 0 Å². The Morgan fingerprint density at radius 3 is 2.53 bits per heavy atom. The lowest BCUT2D eigenvalue weighted by Crippen LogP contribution is -2.41. The summed E-state index contributed by atoms with van der Waals surface area (Å²) in [6, 6.07) is -0.245. The third-order valence-corrected chi connectivity index (χ3v) is 4.81. The highest BCUT2D eigenvalue weighted by Gasteiger charge is 2.34. The average molecular weight is 274 g/mol. The minimum atomic E-state index is -4.30. The van der Waals surface area contributed by atoms with Crippen molar-refractivity contribution in [1.29, 1.82) is 0 Å². The molecule has 0 bridgehead atoms. The monoisotopic (exact) mass is 274 g/mol. The molecule has 17 heavy (non-hydrogen) atoms. The molecule has 0 aromatic rings. The van der Waals surface area contributed by atoms with Gasteiger partial charge in [-0.05, 0) is 19.3 Å². The van der Waals surface area contributed by atoms with Crippen LogP contribution in [0.15, 0.2) is 0 Å². The summed E-state index contributed by atoms with van der Waals surface area (Å²) in [7, 11) is -3.59. The van der Waals surface area contributed by atoms with E-state index in [0.29, 0.717) is 13.0 Å². The van der Waals surface area contributed by atoms with E-state index in [1.165, 1.54) is 4.31 Å². The van der Waals surface area contributed by atoms with Crippen LogP contribution in [0.2, 0.25) is 0 Å². The van der Waals surface area contributed by atoms with Crippen LogP contribution in [0.3, 0.4) is 0 Å². The number of nitrogens with two attached hydrogens (primary N) is 1. The molecule has 0 saturated carbocycles. The number of nitrogens with zero attached hydrogens (tertiary/aromatic N) is 1. The summed E-state index contributed by atoms with van der Waals surface area (Å²) < 4.78 is 60.6. The fourth-order valence-corrected chi connectivity index (χ4v) is 3.78. The van der Waals surface area contributed by atoms with Crippen molar-refractivity contribution in [2.24, 2.45) is 5.73 Å². The van der Waals surface area contributed by atoms with E-state index >= 15 is 0 Å². The predicted molar refractivity (Wildman–Crippen MR) is 57.9 cm³/mol. The van der Waals surface area contributed by atoms with E-state index in [1.807, 2.05) is 0 Å². The van der Waals surface area contributed by atoms with Gasteiger partial charge >= 0.3 is 6.18 Å². The second-order valence-corrected chi connectivity index (χ2v) is 6.22. The molecule has 1 aliphatic rings. The van der Waals surface area contributed by atoms with Crippen LogP contribution in [0.5, 0.6) is 0 Å². The van der Waals surface area contributed by atoms with Crippen molar-refractivity contribution in [2.75, 3.05) is 18.8 Å². The number of rotatable bonds is 5. The first-order chi connectivity index (χ1) is 7.76. The lowest BCUT2D eigenvalue weighted by atomic mass is 10.2. The van der Waals surface area contributed by atoms with Crippen molar-refractivity contribution in [3.05, 3.63) is 0 Å². The Morgan fingerprint density at radius 2 is 2.00 bits per heavy atom. The highest BCUT2D eigenvalue weighted by molar-refractivity contribution is 7.89. The maximum atomic E-state index is 11.9. The van der Waals surface area contributed by atoms with Crippen LogP contribution in [-0.4, -0.2) is 43.8 Å². The zero-order chi connectivity index (χ0) is 13.1. The van der Waals surface area contributed by atoms with Gasteiger partial charge in [-0.25, -0.2) is 8.42 Å². The van der Waals surface area contributed by atoms with Gasteiger partial charge in [0.15, 0.2) is 0 Å². The fourth-order valence-electron chi connectivity index (χ4n) is 1.98. The predicted octanol–water partition coefficient (Wildman–Crippen LogP) is 1.08. The number of alkyl halides is 3. The third-order valence-electron chi connectivity index (χ3n) is 2.82. The molecule has 1 atom stereocenters. The van der Waals surface area contributed by atoms with E-state index in [0.717, 1.165) is 6.42 Å². The highest BCUT2D eigenvalue weighted by Crippen LogP contribution is 2.24. The van der Waals surface area contributed by atoms with Gasteiger partial charge in [0.2, 0.25) is 10.0 Å². The number of halogens is 3. The Kier molecular flexibility index (Phi) is 4.79. The van der Waals surface area contributed by atoms with Gasteiger partial charge in [0.25, 0.3) is 0 Å². The largest absolute Gasteiger partial charge is 0.389 e. The normalized spacial score (nSPS) is 23.2. The molecule has 0 spiro atoms. The molecule has 4 nitrogen and oxygen atoms in total. The SMILES string of the molecule is NCC1CCCN1S(=O)(=O)CCCC(F)(F)F. The van der Waals surface area contributed by atoms with Crippen molar-refractivity contribution < 1.29 is 21.6 Å². The van der Waals surface area contributed by atoms with Crippen LogP contribution < -0.4 is 5.73 Å². The van der Waals surface area contributed by atoms with E-state index < -0.39 is 28.4 Å². The molecule has 0 radical (unpaired) electrons. The molecule has 0 aliphatic carbocycles. The van der Waals surface area contributed by atoms with Gasteiger partial charge < -0.3 is 5.73 Å². The van der Waals surface area contributed by atoms with Gasteiger partial charge in [0.1, 0.15) is 0 Å². The summed E-state index contributed by atoms with van der Waals surface area (Å²) in [5.74, 6) is -0.455. The number of hydrogen-bond acceptors (Lipinski definition) is 3. The fraction of sp³-hybridized carbons (Fsp3) is 1.00. The third kappa shape index (κ3) is 4.44. The van der Waals surface area contributed by atoms with Gasteiger partial charge in [0, 0.05) is 25.6 Å². The van der Waals surface area contributed by atoms with Crippen LogP contribution in [0, 0.1) is 0 Å². The molecule has 1 fully saturated rings. The maximum Gasteiger partial charge on any atom is 0.389 e. The van der Waals surface area contributed by atoms with Gasteiger partial charge in [-0.2, -0.15) is 17.5 Å². The van der Waals surface area contributed by atoms with Crippen LogP contribution >= 0.6 is 0 Å². The first-order valence-electron chi connectivity index (χ1n) is 5.52. The van der Waals surface area contributed by atoms with Crippen LogP contribution in [0.25, 0.3) is 0 Å². The summed E-state index contributed by atoms with van der Waals surface area (Å²) in [4.78, 5) is 0. The maximum absolute atomic E-state index is 11.9. The van der Waals surface area contributed by atoms with E-state index in [4.69, 9.17) is 5.73 Å². The van der Waals surface area contributed by atoms with Gasteiger partial charge in [0.05, 0.1) is 5.75 Å². The summed E-state index contributed by atoms with van der Waals surface area (Å²) in [5, 5.41) is 0. The van der Waals surface area contributed by atoms with Crippen LogP contribution in [0.4, 0.5) is 13.2 Å². The molecule has 1 saturated heterocycles. The van der Waals surface area contributed by atoms with Crippen molar-refractivity contribution in [1.82, 2.24) is 4.31 Å². The van der Waals surface area contributed by atoms with Crippen molar-refractivity contribution >= 4 is 10.0 Å². The summed E-state index contributed by atoms with van der Waals surface area (Å²) >= 11 is 0. The Hall–Kier alpha value is -0.340. The summed E-state index contributed by atoms with van der Waals surface area (Å²) in [6.45, 7) is 0.592. The highest BCUT2D eigenvalue weighted by atomic mass is 32.2. The van der Waals surface area contributed by atoms with Crippen molar-refractivity contribution in [3.8, 4) is 0 Å². The zero-order valence-corrected chi connectivity index (χ0v) is 10.2. The van der Waals surface area contributed by atoms with Gasteiger partial charge in [-0.3, -0.25) is 0 Å². The molecular formula is C9H17F3N2O2S. The molecule has 1 rings (SSSR count). The Bertz CT molecular complexity index is 343. The van der Waals surface area contributed by atoms with E-state index in [9.17, 15) is 21.6 Å². The molecular weight excluding hydrogens is 257 g/mol. The molecule has 1 unspecified atom stereocenters. The molecule has 0 aromatic heterocycles. The van der Waals surface area contributed by atoms with Gasteiger partial charge in [-0.15, -0.1) is 0 Å². The Labute approximate surface area is 99.0 Å². The quantitative estimate of drug-likeness (QED) is 0.816. The average Bonchev–Trinajstić information content (AvgIpc) is 2.63. The molecule has 2 N–H and O–H groups in total. The standard InChI is InChI=1S/C9H17F3N2O2S/c10-9(11,12)4-2-6-17(15,16)14-5-1-3-8(14)7-13/h8H,1-7,13H2. The summed E-state index contributed by atoms with van der Waals surface area (Å²) in [6.07, 6.45) is -4.34. The minimum absolute atomic E-state index is 0.221. The van der Waals surface area contributed by atoms with Crippen LogP contribution in [0.1, 0.15) is 25.7 Å². The van der Waals surface area contributed by atoms with Gasteiger partial charge in [-0.1, -0.05) is 0 Å². The smallest absolute Gasteiger partial charge is 0.329 e. The number of hydrogen-bond donors (Lipinski definition) is 1. The van der Waals surface area contributed by atoms with E-state index in [1.54, 1.807) is 0 Å². The van der Waals surface area contributed by atoms with Crippen molar-refractivity contribution in [2.45, 2.75) is 37.9 Å². The second kappa shape index (κ2) is 5.53. The summed E-state index contributed by atoms with van der Waals surface area (Å²) in [5.41, 5.74) is 5.43. The molecule has 0 amide bonds. The first kappa shape index (κ1) is 14.7. The first-order valence-corrected chi connectivity index (χ1v) is 7.13. The molecule has 102 valence electrons. The number of sulfonamides is 1. The zero-order valence-electron chi connectivity index (χ0n) is 9.41. The molecule has 1 heterocycles. The lowest BCUT2D eigenvalue weighted by Gasteiger charge is -2.22. The minimum Gasteiger partial charge on any atom is -0.329 e. The van der Waals surface area contributed by atoms with E-state index in [-0.39, 0.29) is 19.0 Å². The van der Waals surface area contributed by atoms with E-state index in [2.05, 4.69) is 0 Å². The second-order valence-electron chi connectivity index (χ2n) is 4.18. The van der Waals surface area contributed by atoms with Crippen LogP contribution in [-0.2, 0) is 10.0 Å². The lowest BCUT2D eigenvalue weighted by molar-refractivity contribution is -0.134. The molecule has 1 aliphatic heterocycles. The Balaban J connectivity index is 2.51. The topological polar surface area (TPSA) is 63.4 Å². The Morgan fingerprint density at radius 1 is 1.35 bits per heavy atom.